The van der Waals surface area contributed by atoms with Crippen LogP contribution in [0.5, 0.6) is 0 Å². The molecule has 1 aliphatic heterocycles. The minimum Gasteiger partial charge on any atom is -0.314 e. The van der Waals surface area contributed by atoms with Crippen LogP contribution < -0.4 is 5.32 Å². The number of piperazine rings is 1. The third-order valence-electron chi connectivity index (χ3n) is 3.07. The first-order valence-electron chi connectivity index (χ1n) is 5.68. The molecule has 110 valence electrons. The van der Waals surface area contributed by atoms with Crippen molar-refractivity contribution in [2.75, 3.05) is 32.9 Å². The normalized spacial score (nSPS) is 17.2. The highest BCUT2D eigenvalue weighted by Gasteiger charge is 2.22. The van der Waals surface area contributed by atoms with Gasteiger partial charge in [-0.3, -0.25) is 4.90 Å². The second kappa shape index (κ2) is 9.53. The van der Waals surface area contributed by atoms with Gasteiger partial charge in [0.25, 0.3) is 0 Å². The number of nitrogens with zero attached hydrogens (tertiary/aromatic N) is 1. The van der Waals surface area contributed by atoms with Gasteiger partial charge >= 0.3 is 0 Å². The number of benzene rings is 1. The minimum atomic E-state index is -0.339. The topological polar surface area (TPSA) is 15.3 Å². The van der Waals surface area contributed by atoms with Crippen LogP contribution in [0.25, 0.3) is 0 Å². The molecule has 0 spiro atoms. The summed E-state index contributed by atoms with van der Waals surface area (Å²) in [6.45, 7) is 3.35. The van der Waals surface area contributed by atoms with Crippen molar-refractivity contribution < 1.29 is 4.39 Å². The van der Waals surface area contributed by atoms with Crippen molar-refractivity contribution in [3.8, 4) is 0 Å². The second-order valence-corrected chi connectivity index (χ2v) is 5.84. The van der Waals surface area contributed by atoms with E-state index >= 15 is 0 Å². The molecule has 19 heavy (non-hydrogen) atoms. The lowest BCUT2D eigenvalue weighted by molar-refractivity contribution is 0.147. The fourth-order valence-corrected chi connectivity index (χ4v) is 2.75. The van der Waals surface area contributed by atoms with Crippen molar-refractivity contribution in [3.05, 3.63) is 32.7 Å². The maximum Gasteiger partial charge on any atom is 0.109 e. The third kappa shape index (κ3) is 5.14. The van der Waals surface area contributed by atoms with Crippen LogP contribution in [0, 0.1) is 0 Å². The molecule has 1 aromatic carbocycles. The fourth-order valence-electron chi connectivity index (χ4n) is 2.11. The number of halogens is 5. The first-order chi connectivity index (χ1) is 8.22. The van der Waals surface area contributed by atoms with Gasteiger partial charge in [-0.25, -0.2) is 4.39 Å². The zero-order chi connectivity index (χ0) is 12.3. The van der Waals surface area contributed by atoms with E-state index in [0.29, 0.717) is 0 Å². The minimum absolute atomic E-state index is 0. The van der Waals surface area contributed by atoms with Crippen molar-refractivity contribution in [3.63, 3.8) is 0 Å². The molecule has 1 saturated heterocycles. The summed E-state index contributed by atoms with van der Waals surface area (Å²) in [5, 5.41) is 3.28. The summed E-state index contributed by atoms with van der Waals surface area (Å²) in [5.41, 5.74) is 1.03. The molecule has 1 aromatic rings. The molecular weight excluding hydrogens is 422 g/mol. The van der Waals surface area contributed by atoms with E-state index in [1.807, 2.05) is 18.2 Å². The summed E-state index contributed by atoms with van der Waals surface area (Å²) in [6.07, 6.45) is 0. The number of alkyl halides is 1. The number of rotatable bonds is 3. The van der Waals surface area contributed by atoms with Crippen LogP contribution in [0.1, 0.15) is 11.6 Å². The Kier molecular flexibility index (Phi) is 9.83. The Morgan fingerprint density at radius 3 is 2.32 bits per heavy atom. The van der Waals surface area contributed by atoms with Crippen molar-refractivity contribution in [2.24, 2.45) is 0 Å². The van der Waals surface area contributed by atoms with Gasteiger partial charge < -0.3 is 5.32 Å². The lowest BCUT2D eigenvalue weighted by Crippen LogP contribution is -2.45. The maximum absolute atomic E-state index is 13.3. The lowest BCUT2D eigenvalue weighted by atomic mass is 10.1. The van der Waals surface area contributed by atoms with Crippen molar-refractivity contribution >= 4 is 56.7 Å². The van der Waals surface area contributed by atoms with Gasteiger partial charge in [-0.2, -0.15) is 0 Å². The van der Waals surface area contributed by atoms with E-state index in [0.717, 1.165) is 40.7 Å². The van der Waals surface area contributed by atoms with E-state index in [1.165, 1.54) is 0 Å². The van der Waals surface area contributed by atoms with Gasteiger partial charge in [0.15, 0.2) is 0 Å². The zero-order valence-electron chi connectivity index (χ0n) is 10.2. The summed E-state index contributed by atoms with van der Waals surface area (Å²) in [5.74, 6) is 0. The average Bonchev–Trinajstić information content (AvgIpc) is 2.36. The van der Waals surface area contributed by atoms with Crippen molar-refractivity contribution in [2.45, 2.75) is 6.04 Å². The molecular formula is C12H17Br2Cl2FN2. The third-order valence-corrected chi connectivity index (χ3v) is 4.95. The lowest BCUT2D eigenvalue weighted by Gasteiger charge is -2.33. The zero-order valence-corrected chi connectivity index (χ0v) is 15.0. The average molecular weight is 439 g/mol. The van der Waals surface area contributed by atoms with Gasteiger partial charge in [-0.05, 0) is 49.6 Å². The SMILES string of the molecule is Cl.Cl.FC[C@H](c1ccc(Br)c(Br)c1)N1CCNCC1. The summed E-state index contributed by atoms with van der Waals surface area (Å²) in [4.78, 5) is 2.20. The quantitative estimate of drug-likeness (QED) is 0.768. The van der Waals surface area contributed by atoms with Crippen molar-refractivity contribution in [1.82, 2.24) is 10.2 Å². The molecule has 1 fully saturated rings. The largest absolute Gasteiger partial charge is 0.314 e. The predicted molar refractivity (Wildman–Crippen MR) is 89.5 cm³/mol. The van der Waals surface area contributed by atoms with Crippen molar-refractivity contribution in [1.29, 1.82) is 0 Å². The van der Waals surface area contributed by atoms with Crippen LogP contribution >= 0.6 is 56.7 Å². The van der Waals surface area contributed by atoms with Crippen LogP contribution in [-0.4, -0.2) is 37.8 Å². The van der Waals surface area contributed by atoms with Gasteiger partial charge in [0, 0.05) is 35.1 Å². The molecule has 2 rings (SSSR count). The molecule has 1 N–H and O–H groups in total. The monoisotopic (exact) mass is 436 g/mol. The summed E-state index contributed by atoms with van der Waals surface area (Å²) in [7, 11) is 0. The van der Waals surface area contributed by atoms with E-state index in [9.17, 15) is 4.39 Å². The Bertz CT molecular complexity index is 390. The van der Waals surface area contributed by atoms with E-state index < -0.39 is 0 Å². The molecule has 1 heterocycles. The van der Waals surface area contributed by atoms with Gasteiger partial charge in [0.1, 0.15) is 6.67 Å². The maximum atomic E-state index is 13.3. The second-order valence-electron chi connectivity index (χ2n) is 4.13. The number of nitrogens with one attached hydrogen (secondary N) is 1. The van der Waals surface area contributed by atoms with Gasteiger partial charge in [0.2, 0.25) is 0 Å². The molecule has 0 saturated carbocycles. The van der Waals surface area contributed by atoms with Gasteiger partial charge in [0.05, 0.1) is 6.04 Å². The first-order valence-corrected chi connectivity index (χ1v) is 7.26. The number of hydrogen-bond acceptors (Lipinski definition) is 2. The van der Waals surface area contributed by atoms with E-state index in [1.54, 1.807) is 0 Å². The van der Waals surface area contributed by atoms with Crippen LogP contribution in [0.4, 0.5) is 4.39 Å². The van der Waals surface area contributed by atoms with Crippen LogP contribution in [-0.2, 0) is 0 Å². The summed E-state index contributed by atoms with van der Waals surface area (Å²) >= 11 is 6.90. The molecule has 0 radical (unpaired) electrons. The van der Waals surface area contributed by atoms with Gasteiger partial charge in [-0.15, -0.1) is 24.8 Å². The Labute approximate surface area is 142 Å². The molecule has 0 aromatic heterocycles. The molecule has 0 bridgehead atoms. The van der Waals surface area contributed by atoms with E-state index in [4.69, 9.17) is 0 Å². The van der Waals surface area contributed by atoms with Crippen LogP contribution in [0.15, 0.2) is 27.1 Å². The predicted octanol–water partition coefficient (Wildman–Crippen LogP) is 3.97. The molecule has 0 aliphatic carbocycles. The number of hydrogen-bond donors (Lipinski definition) is 1. The molecule has 1 atom stereocenters. The fraction of sp³-hybridized carbons (Fsp3) is 0.500. The van der Waals surface area contributed by atoms with Crippen LogP contribution in [0.2, 0.25) is 0 Å². The standard InChI is InChI=1S/C12H15Br2FN2.2ClH/c13-10-2-1-9(7-11(10)14)12(8-15)17-5-3-16-4-6-17;;/h1-2,7,12,16H,3-6,8H2;2*1H/t12-;;/m1../s1. The first kappa shape index (κ1) is 19.6. The molecule has 0 unspecified atom stereocenters. The van der Waals surface area contributed by atoms with Gasteiger partial charge in [-0.1, -0.05) is 6.07 Å². The highest BCUT2D eigenvalue weighted by atomic mass is 79.9. The molecule has 0 amide bonds. The molecule has 1 aliphatic rings. The summed E-state index contributed by atoms with van der Waals surface area (Å²) in [6, 6.07) is 5.82. The highest BCUT2D eigenvalue weighted by molar-refractivity contribution is 9.13. The molecule has 2 nitrogen and oxygen atoms in total. The molecule has 7 heteroatoms. The van der Waals surface area contributed by atoms with E-state index in [-0.39, 0.29) is 37.5 Å². The van der Waals surface area contributed by atoms with Crippen LogP contribution in [0.3, 0.4) is 0 Å². The van der Waals surface area contributed by atoms with E-state index in [2.05, 4.69) is 42.1 Å². The smallest absolute Gasteiger partial charge is 0.109 e. The Morgan fingerprint density at radius 1 is 1.16 bits per heavy atom. The Morgan fingerprint density at radius 2 is 1.79 bits per heavy atom. The summed E-state index contributed by atoms with van der Waals surface area (Å²) < 4.78 is 15.2. The highest BCUT2D eigenvalue weighted by Crippen LogP contribution is 2.29. The Balaban J connectivity index is 0.00000162. The Hall–Kier alpha value is 0.610.